The normalized spacial score (nSPS) is 17.6. The predicted molar refractivity (Wildman–Crippen MR) is 116 cm³/mol. The van der Waals surface area contributed by atoms with Crippen LogP contribution in [0.25, 0.3) is 0 Å². The summed E-state index contributed by atoms with van der Waals surface area (Å²) >= 11 is 0. The van der Waals surface area contributed by atoms with Gasteiger partial charge in [-0.15, -0.1) is 0 Å². The van der Waals surface area contributed by atoms with Gasteiger partial charge >= 0.3 is 0 Å². The Morgan fingerprint density at radius 3 is 2.04 bits per heavy atom. The number of rotatable bonds is 7. The second kappa shape index (κ2) is 8.52. The topological polar surface area (TPSA) is 54.4 Å². The zero-order valence-corrected chi connectivity index (χ0v) is 17.2. The minimum absolute atomic E-state index is 0.207. The first-order chi connectivity index (χ1) is 12.9. The van der Waals surface area contributed by atoms with Crippen LogP contribution in [0.5, 0.6) is 0 Å². The van der Waals surface area contributed by atoms with Gasteiger partial charge in [-0.2, -0.15) is 8.42 Å². The molecule has 27 heavy (non-hydrogen) atoms. The Balaban J connectivity index is 2.17. The van der Waals surface area contributed by atoms with Gasteiger partial charge in [0.05, 0.1) is 11.9 Å². The highest BCUT2D eigenvalue weighted by Crippen LogP contribution is 2.65. The Morgan fingerprint density at radius 1 is 1.00 bits per heavy atom. The van der Waals surface area contributed by atoms with Crippen molar-refractivity contribution >= 4 is 28.0 Å². The molecule has 1 unspecified atom stereocenters. The highest BCUT2D eigenvalue weighted by molar-refractivity contribution is 7.93. The molecular weight excluding hydrogens is 375 g/mol. The molecule has 142 valence electrons. The summed E-state index contributed by atoms with van der Waals surface area (Å²) in [6, 6.07) is 20.8. The van der Waals surface area contributed by atoms with Crippen molar-refractivity contribution in [1.82, 2.24) is 0 Å². The van der Waals surface area contributed by atoms with Crippen LogP contribution in [0.1, 0.15) is 19.8 Å². The molecule has 0 radical (unpaired) electrons. The number of allylic oxidation sites excluding steroid dienone is 4. The van der Waals surface area contributed by atoms with E-state index in [9.17, 15) is 13.0 Å². The van der Waals surface area contributed by atoms with Crippen LogP contribution in [0.2, 0.25) is 0 Å². The van der Waals surface area contributed by atoms with E-state index in [1.807, 2.05) is 36.4 Å². The molecule has 0 spiro atoms. The van der Waals surface area contributed by atoms with Crippen LogP contribution in [0, 0.1) is 5.92 Å². The summed E-state index contributed by atoms with van der Waals surface area (Å²) in [5.74, 6) is 0.249. The van der Waals surface area contributed by atoms with Crippen LogP contribution in [0.4, 0.5) is 0 Å². The third-order valence-electron chi connectivity index (χ3n) is 4.98. The third kappa shape index (κ3) is 4.76. The minimum Gasteiger partial charge on any atom is -0.286 e. The van der Waals surface area contributed by atoms with Gasteiger partial charge in [-0.25, -0.2) is 0 Å². The van der Waals surface area contributed by atoms with Gasteiger partial charge in [0.1, 0.15) is 23.2 Å². The van der Waals surface area contributed by atoms with Crippen LogP contribution in [-0.2, 0) is 10.1 Å². The molecule has 0 aromatic heterocycles. The van der Waals surface area contributed by atoms with Crippen LogP contribution < -0.4 is 10.6 Å². The highest BCUT2D eigenvalue weighted by Gasteiger charge is 2.46. The molecule has 1 atom stereocenters. The largest absolute Gasteiger partial charge is 0.286 e. The van der Waals surface area contributed by atoms with E-state index in [0.717, 1.165) is 6.42 Å². The molecule has 5 heteroatoms. The van der Waals surface area contributed by atoms with Gasteiger partial charge in [0.2, 0.25) is 0 Å². The Hall–Kier alpha value is -1.74. The molecule has 0 fully saturated rings. The first kappa shape index (κ1) is 20.0. The third-order valence-corrected chi connectivity index (χ3v) is 10.3. The lowest BCUT2D eigenvalue weighted by atomic mass is 10.0. The first-order valence-corrected chi connectivity index (χ1v) is 12.8. The fourth-order valence-electron chi connectivity index (χ4n) is 3.76. The van der Waals surface area contributed by atoms with Gasteiger partial charge in [0.25, 0.3) is 10.1 Å². The van der Waals surface area contributed by atoms with E-state index < -0.39 is 17.4 Å². The molecule has 1 N–H and O–H groups in total. The van der Waals surface area contributed by atoms with Crippen molar-refractivity contribution in [3.8, 4) is 0 Å². The predicted octanol–water partition coefficient (Wildman–Crippen LogP) is 4.41. The van der Waals surface area contributed by atoms with Crippen molar-refractivity contribution in [2.45, 2.75) is 19.8 Å². The van der Waals surface area contributed by atoms with E-state index in [1.54, 1.807) is 0 Å². The van der Waals surface area contributed by atoms with Crippen molar-refractivity contribution in [2.24, 2.45) is 5.92 Å². The summed E-state index contributed by atoms with van der Waals surface area (Å²) in [4.78, 5) is 0. The fourth-order valence-corrected chi connectivity index (χ4v) is 9.01. The summed E-state index contributed by atoms with van der Waals surface area (Å²) in [6.45, 7) is 2.21. The Morgan fingerprint density at radius 2 is 1.56 bits per heavy atom. The monoisotopic (exact) mass is 401 g/mol. The molecule has 3 rings (SSSR count). The van der Waals surface area contributed by atoms with Gasteiger partial charge in [-0.3, -0.25) is 4.55 Å². The molecule has 2 aromatic carbocycles. The SMILES string of the molecule is CC1C=C([P+](CCCS(=O)(=O)O)(c2ccccc2)c2ccccc2)C=CC1. The van der Waals surface area contributed by atoms with Crippen LogP contribution in [0.15, 0.2) is 84.2 Å². The lowest BCUT2D eigenvalue weighted by Crippen LogP contribution is -2.27. The quantitative estimate of drug-likeness (QED) is 0.552. The molecule has 0 saturated heterocycles. The van der Waals surface area contributed by atoms with Gasteiger partial charge < -0.3 is 0 Å². The van der Waals surface area contributed by atoms with Crippen molar-refractivity contribution < 1.29 is 13.0 Å². The molecule has 0 amide bonds. The molecule has 2 aromatic rings. The average molecular weight is 401 g/mol. The molecule has 3 nitrogen and oxygen atoms in total. The summed E-state index contributed by atoms with van der Waals surface area (Å²) in [5, 5.41) is 3.79. The molecule has 1 aliphatic rings. The molecule has 1 aliphatic carbocycles. The molecule has 0 saturated carbocycles. The number of benzene rings is 2. The fraction of sp³-hybridized carbons (Fsp3) is 0.273. The van der Waals surface area contributed by atoms with Crippen LogP contribution in [0.3, 0.4) is 0 Å². The summed E-state index contributed by atoms with van der Waals surface area (Å²) < 4.78 is 32.0. The zero-order chi connectivity index (χ0) is 19.3. The maximum absolute atomic E-state index is 11.4. The molecule has 0 heterocycles. The van der Waals surface area contributed by atoms with Gasteiger partial charge in [0.15, 0.2) is 0 Å². The summed E-state index contributed by atoms with van der Waals surface area (Å²) in [6.07, 6.45) is 8.96. The van der Waals surface area contributed by atoms with Crippen LogP contribution >= 0.6 is 7.26 Å². The van der Waals surface area contributed by atoms with E-state index in [4.69, 9.17) is 0 Å². The van der Waals surface area contributed by atoms with Crippen molar-refractivity contribution in [1.29, 1.82) is 0 Å². The second-order valence-electron chi connectivity index (χ2n) is 7.05. The number of hydrogen-bond acceptors (Lipinski definition) is 2. The maximum atomic E-state index is 11.4. The lowest BCUT2D eigenvalue weighted by Gasteiger charge is -2.30. The second-order valence-corrected chi connectivity index (χ2v) is 12.2. The standard InChI is InChI=1S/C22H25O3PS/c1-19-10-8-15-22(18-19)26(16-9-17-27(23,24)25,20-11-4-2-5-12-20)21-13-6-3-7-14-21/h2-8,11-15,18-19H,9-10,16-17H2,1H3/p+1. The Kier molecular flexibility index (Phi) is 6.31. The molecular formula is C22H26O3PS+. The van der Waals surface area contributed by atoms with E-state index in [-0.39, 0.29) is 5.75 Å². The van der Waals surface area contributed by atoms with E-state index in [1.165, 1.54) is 15.9 Å². The van der Waals surface area contributed by atoms with Crippen molar-refractivity contribution in [2.75, 3.05) is 11.9 Å². The smallest absolute Gasteiger partial charge is 0.264 e. The minimum atomic E-state index is -3.97. The van der Waals surface area contributed by atoms with Gasteiger partial charge in [-0.1, -0.05) is 49.4 Å². The van der Waals surface area contributed by atoms with E-state index in [2.05, 4.69) is 49.4 Å². The average Bonchev–Trinajstić information content (AvgIpc) is 2.66. The maximum Gasteiger partial charge on any atom is 0.264 e. The Bertz CT molecular complexity index is 879. The van der Waals surface area contributed by atoms with Gasteiger partial charge in [0, 0.05) is 0 Å². The van der Waals surface area contributed by atoms with Crippen molar-refractivity contribution in [3.63, 3.8) is 0 Å². The van der Waals surface area contributed by atoms with Crippen molar-refractivity contribution in [3.05, 3.63) is 84.2 Å². The lowest BCUT2D eigenvalue weighted by molar-refractivity contribution is 0.482. The molecule has 0 aliphatic heterocycles. The summed E-state index contributed by atoms with van der Waals surface area (Å²) in [5.41, 5.74) is 0. The zero-order valence-electron chi connectivity index (χ0n) is 15.5. The van der Waals surface area contributed by atoms with E-state index >= 15 is 0 Å². The Labute approximate surface area is 162 Å². The summed E-state index contributed by atoms with van der Waals surface area (Å²) in [7, 11) is -5.97. The van der Waals surface area contributed by atoms with E-state index in [0.29, 0.717) is 18.5 Å². The molecule has 0 bridgehead atoms. The highest BCUT2D eigenvalue weighted by atomic mass is 32.2. The van der Waals surface area contributed by atoms with Gasteiger partial charge in [-0.05, 0) is 55.2 Å². The number of hydrogen-bond donors (Lipinski definition) is 1. The first-order valence-electron chi connectivity index (χ1n) is 9.25. The van der Waals surface area contributed by atoms with Crippen LogP contribution in [-0.4, -0.2) is 24.9 Å².